The van der Waals surface area contributed by atoms with Crippen molar-refractivity contribution in [3.05, 3.63) is 71.3 Å². The third-order valence-corrected chi connectivity index (χ3v) is 4.09. The third-order valence-electron chi connectivity index (χ3n) is 3.84. The second-order valence-electron chi connectivity index (χ2n) is 5.63. The van der Waals surface area contributed by atoms with Gasteiger partial charge in [0.05, 0.1) is 6.04 Å². The Morgan fingerprint density at radius 2 is 1.83 bits per heavy atom. The van der Waals surface area contributed by atoms with E-state index in [2.05, 4.69) is 5.32 Å². The van der Waals surface area contributed by atoms with Crippen LogP contribution < -0.4 is 10.2 Å². The van der Waals surface area contributed by atoms with E-state index in [9.17, 15) is 9.59 Å². The number of nitrogens with zero attached hydrogens (tertiary/aromatic N) is 1. The molecule has 1 heterocycles. The van der Waals surface area contributed by atoms with Crippen LogP contribution in [0, 0.1) is 0 Å². The van der Waals surface area contributed by atoms with Crippen molar-refractivity contribution in [2.45, 2.75) is 12.5 Å². The molecule has 1 aliphatic heterocycles. The zero-order valence-corrected chi connectivity index (χ0v) is 13.7. The summed E-state index contributed by atoms with van der Waals surface area (Å²) >= 11 is 5.87. The average molecular weight is 341 g/mol. The predicted octanol–water partition coefficient (Wildman–Crippen LogP) is 3.27. The van der Waals surface area contributed by atoms with Gasteiger partial charge >= 0.3 is 0 Å². The summed E-state index contributed by atoms with van der Waals surface area (Å²) in [5, 5.41) is 3.50. The van der Waals surface area contributed by atoms with Crippen LogP contribution in [-0.4, -0.2) is 24.4 Å². The van der Waals surface area contributed by atoms with Gasteiger partial charge in [-0.25, -0.2) is 0 Å². The Morgan fingerprint density at radius 1 is 1.12 bits per heavy atom. The van der Waals surface area contributed by atoms with Crippen LogP contribution in [0.4, 0.5) is 5.69 Å². The minimum absolute atomic E-state index is 0.00494. The first-order valence-corrected chi connectivity index (χ1v) is 8.09. The minimum Gasteiger partial charge on any atom is -0.347 e. The predicted molar refractivity (Wildman–Crippen MR) is 95.8 cm³/mol. The molecule has 2 aromatic rings. The first-order chi connectivity index (χ1) is 11.6. The number of hydrogen-bond donors (Lipinski definition) is 1. The smallest absolute Gasteiger partial charge is 0.244 e. The average Bonchev–Trinajstić information content (AvgIpc) is 2.95. The number of nitrogens with one attached hydrogen (secondary N) is 1. The fourth-order valence-corrected chi connectivity index (χ4v) is 2.79. The van der Waals surface area contributed by atoms with Crippen molar-refractivity contribution in [1.29, 1.82) is 0 Å². The first-order valence-electron chi connectivity index (χ1n) is 7.71. The van der Waals surface area contributed by atoms with Gasteiger partial charge in [0.15, 0.2) is 0 Å². The van der Waals surface area contributed by atoms with E-state index in [0.29, 0.717) is 18.0 Å². The van der Waals surface area contributed by atoms with Gasteiger partial charge in [-0.3, -0.25) is 9.59 Å². The molecule has 0 radical (unpaired) electrons. The quantitative estimate of drug-likeness (QED) is 0.868. The lowest BCUT2D eigenvalue weighted by molar-refractivity contribution is -0.117. The molecule has 1 N–H and O–H groups in total. The fraction of sp³-hybridized carbons (Fsp3) is 0.158. The monoisotopic (exact) mass is 340 g/mol. The lowest BCUT2D eigenvalue weighted by atomic mass is 10.2. The Morgan fingerprint density at radius 3 is 2.54 bits per heavy atom. The van der Waals surface area contributed by atoms with Crippen molar-refractivity contribution in [2.75, 3.05) is 11.4 Å². The van der Waals surface area contributed by atoms with E-state index >= 15 is 0 Å². The molecular weight excluding hydrogens is 324 g/mol. The lowest BCUT2D eigenvalue weighted by Gasteiger charge is -2.17. The van der Waals surface area contributed by atoms with Crippen LogP contribution in [0.5, 0.6) is 0 Å². The lowest BCUT2D eigenvalue weighted by Crippen LogP contribution is -2.36. The summed E-state index contributed by atoms with van der Waals surface area (Å²) < 4.78 is 0. The molecule has 1 fully saturated rings. The highest BCUT2D eigenvalue weighted by Gasteiger charge is 2.31. The van der Waals surface area contributed by atoms with Gasteiger partial charge < -0.3 is 10.2 Å². The van der Waals surface area contributed by atoms with E-state index in [0.717, 1.165) is 11.3 Å². The zero-order chi connectivity index (χ0) is 16.9. The van der Waals surface area contributed by atoms with Crippen molar-refractivity contribution in [1.82, 2.24) is 5.32 Å². The summed E-state index contributed by atoms with van der Waals surface area (Å²) in [7, 11) is 0. The minimum atomic E-state index is -0.199. The van der Waals surface area contributed by atoms with Crippen LogP contribution in [0.1, 0.15) is 12.0 Å². The fourth-order valence-electron chi connectivity index (χ4n) is 2.66. The molecule has 1 atom stereocenters. The van der Waals surface area contributed by atoms with Gasteiger partial charge in [0.25, 0.3) is 0 Å². The largest absolute Gasteiger partial charge is 0.347 e. The topological polar surface area (TPSA) is 49.4 Å². The van der Waals surface area contributed by atoms with Crippen molar-refractivity contribution in [3.8, 4) is 0 Å². The summed E-state index contributed by atoms with van der Waals surface area (Å²) in [6.45, 7) is 0.464. The van der Waals surface area contributed by atoms with Gasteiger partial charge in [-0.05, 0) is 35.9 Å². The van der Waals surface area contributed by atoms with Gasteiger partial charge in [-0.2, -0.15) is 0 Å². The van der Waals surface area contributed by atoms with E-state index in [-0.39, 0.29) is 17.9 Å². The zero-order valence-electron chi connectivity index (χ0n) is 13.0. The molecule has 0 aromatic heterocycles. The Balaban J connectivity index is 1.59. The first kappa shape index (κ1) is 16.3. The van der Waals surface area contributed by atoms with Crippen LogP contribution in [0.25, 0.3) is 6.08 Å². The third kappa shape index (κ3) is 4.03. The molecule has 1 aliphatic rings. The normalized spacial score (nSPS) is 17.5. The number of carbonyl (C=O) groups excluding carboxylic acids is 2. The van der Waals surface area contributed by atoms with Crippen molar-refractivity contribution < 1.29 is 9.59 Å². The standard InChI is InChI=1S/C19H17ClN2O2/c20-15-7-9-17(10-8-15)22-13-16(12-19(22)24)21-18(23)11-6-14-4-2-1-3-5-14/h1-11,16H,12-13H2,(H,21,23)/b11-6-. The number of benzene rings is 2. The van der Waals surface area contributed by atoms with E-state index in [1.54, 1.807) is 35.2 Å². The number of halogens is 1. The number of amides is 2. The van der Waals surface area contributed by atoms with Gasteiger partial charge in [-0.1, -0.05) is 41.9 Å². The molecule has 24 heavy (non-hydrogen) atoms. The Kier molecular flexibility index (Phi) is 4.96. The van der Waals surface area contributed by atoms with Gasteiger partial charge in [0.1, 0.15) is 0 Å². The summed E-state index contributed by atoms with van der Waals surface area (Å²) in [4.78, 5) is 25.8. The second kappa shape index (κ2) is 7.32. The maximum absolute atomic E-state index is 12.2. The summed E-state index contributed by atoms with van der Waals surface area (Å²) in [5.74, 6) is -0.204. The molecule has 2 aromatic carbocycles. The van der Waals surface area contributed by atoms with Crippen LogP contribution in [0.15, 0.2) is 60.7 Å². The number of anilines is 1. The van der Waals surface area contributed by atoms with Crippen LogP contribution >= 0.6 is 11.6 Å². The summed E-state index contributed by atoms with van der Waals surface area (Å²) in [6, 6.07) is 16.5. The van der Waals surface area contributed by atoms with Crippen LogP contribution in [-0.2, 0) is 9.59 Å². The molecule has 0 bridgehead atoms. The van der Waals surface area contributed by atoms with Crippen molar-refractivity contribution >= 4 is 35.2 Å². The van der Waals surface area contributed by atoms with E-state index in [4.69, 9.17) is 11.6 Å². The van der Waals surface area contributed by atoms with Gasteiger partial charge in [-0.15, -0.1) is 0 Å². The summed E-state index contributed by atoms with van der Waals surface area (Å²) in [5.41, 5.74) is 1.75. The van der Waals surface area contributed by atoms with Gasteiger partial charge in [0.2, 0.25) is 11.8 Å². The Labute approximate surface area is 145 Å². The molecule has 122 valence electrons. The molecule has 0 aliphatic carbocycles. The van der Waals surface area contributed by atoms with Crippen LogP contribution in [0.2, 0.25) is 5.02 Å². The molecule has 1 saturated heterocycles. The molecule has 0 saturated carbocycles. The molecule has 1 unspecified atom stereocenters. The molecule has 4 nitrogen and oxygen atoms in total. The highest BCUT2D eigenvalue weighted by molar-refractivity contribution is 6.30. The molecule has 2 amide bonds. The molecule has 0 spiro atoms. The van der Waals surface area contributed by atoms with E-state index in [1.807, 2.05) is 30.3 Å². The van der Waals surface area contributed by atoms with E-state index < -0.39 is 0 Å². The second-order valence-corrected chi connectivity index (χ2v) is 6.07. The molecule has 3 rings (SSSR count). The summed E-state index contributed by atoms with van der Waals surface area (Å²) in [6.07, 6.45) is 3.54. The highest BCUT2D eigenvalue weighted by atomic mass is 35.5. The Hall–Kier alpha value is -2.59. The van der Waals surface area contributed by atoms with Crippen molar-refractivity contribution in [2.24, 2.45) is 0 Å². The molecular formula is C19H17ClN2O2. The maximum atomic E-state index is 12.2. The van der Waals surface area contributed by atoms with Crippen molar-refractivity contribution in [3.63, 3.8) is 0 Å². The highest BCUT2D eigenvalue weighted by Crippen LogP contribution is 2.23. The number of carbonyl (C=O) groups is 2. The maximum Gasteiger partial charge on any atom is 0.244 e. The van der Waals surface area contributed by atoms with Crippen LogP contribution in [0.3, 0.4) is 0 Å². The molecule has 5 heteroatoms. The Bertz CT molecular complexity index is 757. The van der Waals surface area contributed by atoms with E-state index in [1.165, 1.54) is 6.08 Å². The number of hydrogen-bond acceptors (Lipinski definition) is 2. The number of rotatable bonds is 4. The van der Waals surface area contributed by atoms with Gasteiger partial charge in [0, 0.05) is 29.8 Å². The SMILES string of the molecule is O=C(/C=C\c1ccccc1)NC1CC(=O)N(c2ccc(Cl)cc2)C1.